The Bertz CT molecular complexity index is 632. The summed E-state index contributed by atoms with van der Waals surface area (Å²) < 4.78 is 0. The predicted octanol–water partition coefficient (Wildman–Crippen LogP) is 4.20. The molecule has 22 heavy (non-hydrogen) atoms. The molecular weight excluding hydrogens is 317 g/mol. The molecule has 1 aliphatic rings. The summed E-state index contributed by atoms with van der Waals surface area (Å²) in [7, 11) is 0. The molecule has 1 aliphatic heterocycles. The molecule has 0 saturated carbocycles. The van der Waals surface area contributed by atoms with Crippen LogP contribution in [0.2, 0.25) is 10.0 Å². The first kappa shape index (κ1) is 15.8. The molecule has 4 heteroatoms. The second-order valence-corrected chi connectivity index (χ2v) is 6.72. The van der Waals surface area contributed by atoms with Gasteiger partial charge in [-0.15, -0.1) is 0 Å². The van der Waals surface area contributed by atoms with Crippen molar-refractivity contribution >= 4 is 23.2 Å². The molecule has 0 aliphatic carbocycles. The molecule has 2 aromatic rings. The van der Waals surface area contributed by atoms with Gasteiger partial charge in [0.1, 0.15) is 0 Å². The fraction of sp³-hybridized carbons (Fsp3) is 0.333. The molecule has 0 unspecified atom stereocenters. The van der Waals surface area contributed by atoms with Crippen molar-refractivity contribution in [1.29, 1.82) is 0 Å². The van der Waals surface area contributed by atoms with Crippen molar-refractivity contribution in [2.75, 3.05) is 19.7 Å². The quantitative estimate of drug-likeness (QED) is 0.904. The van der Waals surface area contributed by atoms with Gasteiger partial charge in [0.25, 0.3) is 0 Å². The lowest BCUT2D eigenvalue weighted by atomic mass is 9.89. The third-order valence-electron chi connectivity index (χ3n) is 4.37. The fourth-order valence-electron chi connectivity index (χ4n) is 3.24. The third kappa shape index (κ3) is 3.47. The van der Waals surface area contributed by atoms with Crippen molar-refractivity contribution in [3.63, 3.8) is 0 Å². The van der Waals surface area contributed by atoms with Crippen molar-refractivity contribution in [3.8, 4) is 0 Å². The Morgan fingerprint density at radius 1 is 1.00 bits per heavy atom. The molecule has 116 valence electrons. The highest BCUT2D eigenvalue weighted by Gasteiger charge is 2.33. The van der Waals surface area contributed by atoms with Crippen molar-refractivity contribution in [1.82, 2.24) is 4.90 Å². The van der Waals surface area contributed by atoms with Crippen LogP contribution >= 0.6 is 23.2 Å². The van der Waals surface area contributed by atoms with Crippen molar-refractivity contribution in [3.05, 3.63) is 69.7 Å². The minimum absolute atomic E-state index is 0.191. The molecule has 0 amide bonds. The van der Waals surface area contributed by atoms with E-state index >= 15 is 0 Å². The van der Waals surface area contributed by atoms with Crippen LogP contribution in [0.1, 0.15) is 17.0 Å². The highest BCUT2D eigenvalue weighted by Crippen LogP contribution is 2.35. The van der Waals surface area contributed by atoms with E-state index in [0.29, 0.717) is 16.0 Å². The Hall–Kier alpha value is -1.06. The Morgan fingerprint density at radius 2 is 1.77 bits per heavy atom. The molecule has 1 fully saturated rings. The van der Waals surface area contributed by atoms with Crippen LogP contribution in [0.4, 0.5) is 0 Å². The first-order chi connectivity index (χ1) is 10.7. The molecule has 0 spiro atoms. The lowest BCUT2D eigenvalue weighted by Gasteiger charge is -2.17. The Kier molecular flexibility index (Phi) is 5.04. The number of rotatable bonds is 4. The SMILES string of the molecule is OC[C@H]1CN(Cc2ccccc2)C[C@@H]1c1ccc(Cl)c(Cl)c1. The standard InChI is InChI=1S/C18H19Cl2NO/c19-17-7-6-14(8-18(17)20)16-11-21(10-15(16)12-22)9-13-4-2-1-3-5-13/h1-8,15-16,22H,9-12H2/t15-,16-/m1/s1. The lowest BCUT2D eigenvalue weighted by Crippen LogP contribution is -2.20. The van der Waals surface area contributed by atoms with Crippen LogP contribution in [0.5, 0.6) is 0 Å². The van der Waals surface area contributed by atoms with Gasteiger partial charge in [0, 0.05) is 38.1 Å². The van der Waals surface area contributed by atoms with Gasteiger partial charge < -0.3 is 5.11 Å². The summed E-state index contributed by atoms with van der Waals surface area (Å²) in [4.78, 5) is 2.39. The first-order valence-electron chi connectivity index (χ1n) is 7.49. The van der Waals surface area contributed by atoms with E-state index in [1.54, 1.807) is 0 Å². The van der Waals surface area contributed by atoms with Gasteiger partial charge >= 0.3 is 0 Å². The molecule has 2 atom stereocenters. The molecule has 0 radical (unpaired) electrons. The van der Waals surface area contributed by atoms with E-state index in [9.17, 15) is 5.11 Å². The molecule has 0 aromatic heterocycles. The number of likely N-dealkylation sites (tertiary alicyclic amines) is 1. The second-order valence-electron chi connectivity index (χ2n) is 5.90. The maximum Gasteiger partial charge on any atom is 0.0595 e. The number of hydrogen-bond acceptors (Lipinski definition) is 2. The van der Waals surface area contributed by atoms with E-state index in [4.69, 9.17) is 23.2 Å². The highest BCUT2D eigenvalue weighted by atomic mass is 35.5. The van der Waals surface area contributed by atoms with E-state index in [2.05, 4.69) is 29.2 Å². The summed E-state index contributed by atoms with van der Waals surface area (Å²) in [6, 6.07) is 16.2. The zero-order valence-corrected chi connectivity index (χ0v) is 13.8. The summed E-state index contributed by atoms with van der Waals surface area (Å²) in [5.74, 6) is 0.532. The van der Waals surface area contributed by atoms with Crippen LogP contribution in [0.3, 0.4) is 0 Å². The molecule has 3 rings (SSSR count). The summed E-state index contributed by atoms with van der Waals surface area (Å²) in [5, 5.41) is 10.9. The number of halogens is 2. The summed E-state index contributed by atoms with van der Waals surface area (Å²) in [6.07, 6.45) is 0. The van der Waals surface area contributed by atoms with Gasteiger partial charge in [-0.05, 0) is 23.3 Å². The van der Waals surface area contributed by atoms with Crippen molar-refractivity contribution in [2.45, 2.75) is 12.5 Å². The normalized spacial score (nSPS) is 22.1. The largest absolute Gasteiger partial charge is 0.396 e. The Balaban J connectivity index is 1.75. The predicted molar refractivity (Wildman–Crippen MR) is 91.5 cm³/mol. The summed E-state index contributed by atoms with van der Waals surface area (Å²) >= 11 is 12.1. The molecular formula is C18H19Cl2NO. The van der Waals surface area contributed by atoms with Gasteiger partial charge in [-0.3, -0.25) is 4.90 Å². The maximum absolute atomic E-state index is 9.72. The number of benzene rings is 2. The van der Waals surface area contributed by atoms with Gasteiger partial charge in [-0.25, -0.2) is 0 Å². The molecule has 1 N–H and O–H groups in total. The smallest absolute Gasteiger partial charge is 0.0595 e. The molecule has 2 nitrogen and oxygen atoms in total. The van der Waals surface area contributed by atoms with Crippen LogP contribution in [-0.2, 0) is 6.54 Å². The van der Waals surface area contributed by atoms with E-state index in [1.165, 1.54) is 5.56 Å². The third-order valence-corrected chi connectivity index (χ3v) is 5.11. The van der Waals surface area contributed by atoms with Crippen LogP contribution < -0.4 is 0 Å². The maximum atomic E-state index is 9.72. The van der Waals surface area contributed by atoms with Crippen LogP contribution in [0.25, 0.3) is 0 Å². The van der Waals surface area contributed by atoms with Crippen LogP contribution in [0.15, 0.2) is 48.5 Å². The number of aliphatic hydroxyl groups excluding tert-OH is 1. The van der Waals surface area contributed by atoms with Crippen molar-refractivity contribution < 1.29 is 5.11 Å². The summed E-state index contributed by atoms with van der Waals surface area (Å²) in [5.41, 5.74) is 2.46. The monoisotopic (exact) mass is 335 g/mol. The second kappa shape index (κ2) is 7.01. The van der Waals surface area contributed by atoms with Gasteiger partial charge in [0.05, 0.1) is 10.0 Å². The molecule has 1 saturated heterocycles. The first-order valence-corrected chi connectivity index (χ1v) is 8.25. The van der Waals surface area contributed by atoms with E-state index < -0.39 is 0 Å². The minimum Gasteiger partial charge on any atom is -0.396 e. The van der Waals surface area contributed by atoms with Gasteiger partial charge in [0.2, 0.25) is 0 Å². The average molecular weight is 336 g/mol. The van der Waals surface area contributed by atoms with E-state index in [1.807, 2.05) is 24.3 Å². The number of hydrogen-bond donors (Lipinski definition) is 1. The zero-order valence-electron chi connectivity index (χ0n) is 12.3. The van der Waals surface area contributed by atoms with Crippen LogP contribution in [0, 0.1) is 5.92 Å². The molecule has 0 bridgehead atoms. The highest BCUT2D eigenvalue weighted by molar-refractivity contribution is 6.42. The number of nitrogens with zero attached hydrogens (tertiary/aromatic N) is 1. The molecule has 2 aromatic carbocycles. The van der Waals surface area contributed by atoms with Crippen LogP contribution in [-0.4, -0.2) is 29.7 Å². The molecule has 1 heterocycles. The van der Waals surface area contributed by atoms with Crippen molar-refractivity contribution in [2.24, 2.45) is 5.92 Å². The van der Waals surface area contributed by atoms with E-state index in [0.717, 1.165) is 25.2 Å². The minimum atomic E-state index is 0.191. The number of aliphatic hydroxyl groups is 1. The van der Waals surface area contributed by atoms with E-state index in [-0.39, 0.29) is 12.5 Å². The Labute approximate surface area is 141 Å². The lowest BCUT2D eigenvalue weighted by molar-refractivity contribution is 0.214. The van der Waals surface area contributed by atoms with Gasteiger partial charge in [-0.2, -0.15) is 0 Å². The summed E-state index contributed by atoms with van der Waals surface area (Å²) in [6.45, 7) is 2.93. The Morgan fingerprint density at radius 3 is 2.45 bits per heavy atom. The fourth-order valence-corrected chi connectivity index (χ4v) is 3.54. The van der Waals surface area contributed by atoms with Gasteiger partial charge in [-0.1, -0.05) is 59.6 Å². The average Bonchev–Trinajstić information content (AvgIpc) is 2.94. The van der Waals surface area contributed by atoms with Gasteiger partial charge in [0.15, 0.2) is 0 Å². The zero-order chi connectivity index (χ0) is 15.5. The topological polar surface area (TPSA) is 23.5 Å².